The number of amides is 2. The highest BCUT2D eigenvalue weighted by molar-refractivity contribution is 6.04. The molecule has 0 spiro atoms. The largest absolute Gasteiger partial charge is 0.447 e. The molecule has 2 amide bonds. The molecule has 0 saturated heterocycles. The van der Waals surface area contributed by atoms with Crippen LogP contribution in [0.5, 0.6) is 0 Å². The Morgan fingerprint density at radius 3 is 2.31 bits per heavy atom. The monoisotopic (exact) mass is 437 g/mol. The zero-order valence-corrected chi connectivity index (χ0v) is 19.7. The Morgan fingerprint density at radius 1 is 1.00 bits per heavy atom. The van der Waals surface area contributed by atoms with Gasteiger partial charge < -0.3 is 4.74 Å². The fourth-order valence-electron chi connectivity index (χ4n) is 4.20. The number of fused-ring (bicyclic) bond motifs is 2. The van der Waals surface area contributed by atoms with Gasteiger partial charge in [-0.05, 0) is 81.9 Å². The second kappa shape index (κ2) is 11.1. The predicted molar refractivity (Wildman–Crippen MR) is 130 cm³/mol. The molecule has 172 valence electrons. The summed E-state index contributed by atoms with van der Waals surface area (Å²) in [7, 11) is 0. The Morgan fingerprint density at radius 2 is 1.66 bits per heavy atom. The van der Waals surface area contributed by atoms with Gasteiger partial charge in [0.05, 0.1) is 24.0 Å². The van der Waals surface area contributed by atoms with E-state index in [1.165, 1.54) is 0 Å². The number of anilines is 3. The summed E-state index contributed by atoms with van der Waals surface area (Å²) in [6.07, 6.45) is 3.01. The number of rotatable bonds is 8. The summed E-state index contributed by atoms with van der Waals surface area (Å²) in [6.45, 7) is 10.0. The minimum Gasteiger partial charge on any atom is -0.447 e. The predicted octanol–water partition coefficient (Wildman–Crippen LogP) is 5.53. The average molecular weight is 438 g/mol. The van der Waals surface area contributed by atoms with E-state index in [0.717, 1.165) is 61.3 Å². The molecule has 0 fully saturated rings. The van der Waals surface area contributed by atoms with Gasteiger partial charge in [0.2, 0.25) is 5.91 Å². The molecule has 6 heteroatoms. The van der Waals surface area contributed by atoms with Crippen molar-refractivity contribution in [3.8, 4) is 0 Å². The molecule has 2 aromatic rings. The molecule has 1 aliphatic heterocycles. The molecule has 1 aliphatic rings. The molecule has 0 bridgehead atoms. The highest BCUT2D eigenvalue weighted by Gasteiger charge is 2.27. The number of hydrogen-bond acceptors (Lipinski definition) is 4. The molecule has 0 unspecified atom stereocenters. The van der Waals surface area contributed by atoms with Gasteiger partial charge in [0.25, 0.3) is 0 Å². The quantitative estimate of drug-likeness (QED) is 0.590. The lowest BCUT2D eigenvalue weighted by Gasteiger charge is -2.29. The number of nitrogens with zero attached hydrogens (tertiary/aromatic N) is 2. The van der Waals surface area contributed by atoms with Gasteiger partial charge in [-0.15, -0.1) is 0 Å². The number of carbonyl (C=O) groups excluding carboxylic acids is 2. The van der Waals surface area contributed by atoms with Crippen LogP contribution in [-0.2, 0) is 22.4 Å². The highest BCUT2D eigenvalue weighted by Crippen LogP contribution is 2.37. The van der Waals surface area contributed by atoms with Crippen molar-refractivity contribution < 1.29 is 14.3 Å². The molecule has 0 atom stereocenters. The molecule has 0 saturated carbocycles. The van der Waals surface area contributed by atoms with Crippen LogP contribution in [0.4, 0.5) is 21.9 Å². The van der Waals surface area contributed by atoms with Crippen LogP contribution in [0.3, 0.4) is 0 Å². The van der Waals surface area contributed by atoms with Crippen LogP contribution in [0.2, 0.25) is 0 Å². The number of hydrogen-bond donors (Lipinski definition) is 1. The molecule has 6 nitrogen and oxygen atoms in total. The summed E-state index contributed by atoms with van der Waals surface area (Å²) in [6, 6.07) is 13.9. The third kappa shape index (κ3) is 5.88. The summed E-state index contributed by atoms with van der Waals surface area (Å²) in [5, 5.41) is 2.80. The van der Waals surface area contributed by atoms with Crippen molar-refractivity contribution in [1.82, 2.24) is 4.90 Å². The van der Waals surface area contributed by atoms with Gasteiger partial charge in [0.15, 0.2) is 0 Å². The van der Waals surface area contributed by atoms with Gasteiger partial charge in [-0.3, -0.25) is 19.9 Å². The van der Waals surface area contributed by atoms with Crippen LogP contribution in [0.15, 0.2) is 42.5 Å². The molecule has 32 heavy (non-hydrogen) atoms. The molecule has 2 aromatic carbocycles. The van der Waals surface area contributed by atoms with E-state index in [1.54, 1.807) is 0 Å². The first-order valence-electron chi connectivity index (χ1n) is 11.7. The Kier molecular flexibility index (Phi) is 8.28. The lowest BCUT2D eigenvalue weighted by atomic mass is 10.0. The lowest BCUT2D eigenvalue weighted by molar-refractivity contribution is -0.119. The van der Waals surface area contributed by atoms with Crippen LogP contribution in [0.1, 0.15) is 51.7 Å². The van der Waals surface area contributed by atoms with Gasteiger partial charge in [0, 0.05) is 5.69 Å². The van der Waals surface area contributed by atoms with E-state index in [-0.39, 0.29) is 12.0 Å². The number of ether oxygens (including phenoxy) is 1. The molecule has 0 radical (unpaired) electrons. The number of nitrogens with one attached hydrogen (secondary N) is 1. The summed E-state index contributed by atoms with van der Waals surface area (Å²) < 4.78 is 5.22. The van der Waals surface area contributed by atoms with E-state index >= 15 is 0 Å². The Bertz CT molecular complexity index is 936. The maximum absolute atomic E-state index is 13.7. The maximum Gasteiger partial charge on any atom is 0.411 e. The van der Waals surface area contributed by atoms with E-state index in [9.17, 15) is 9.59 Å². The van der Waals surface area contributed by atoms with Crippen molar-refractivity contribution in [2.75, 3.05) is 29.9 Å². The van der Waals surface area contributed by atoms with Crippen molar-refractivity contribution in [3.05, 3.63) is 53.6 Å². The number of benzene rings is 2. The summed E-state index contributed by atoms with van der Waals surface area (Å²) in [5.41, 5.74) is 4.62. The minimum atomic E-state index is -0.496. The summed E-state index contributed by atoms with van der Waals surface area (Å²) >= 11 is 0. The molecule has 3 rings (SSSR count). The van der Waals surface area contributed by atoms with Crippen molar-refractivity contribution in [1.29, 1.82) is 0 Å². The average Bonchev–Trinajstić information content (AvgIpc) is 2.90. The van der Waals surface area contributed by atoms with Crippen LogP contribution < -0.4 is 10.2 Å². The second-order valence-electron chi connectivity index (χ2n) is 8.56. The maximum atomic E-state index is 13.7. The lowest BCUT2D eigenvalue weighted by Crippen LogP contribution is -2.39. The third-order valence-electron chi connectivity index (χ3n) is 5.50. The van der Waals surface area contributed by atoms with E-state index in [4.69, 9.17) is 4.74 Å². The number of para-hydroxylation sites is 1. The van der Waals surface area contributed by atoms with Crippen molar-refractivity contribution in [2.45, 2.75) is 59.5 Å². The van der Waals surface area contributed by atoms with Gasteiger partial charge in [0.1, 0.15) is 0 Å². The highest BCUT2D eigenvalue weighted by atomic mass is 16.6. The van der Waals surface area contributed by atoms with Gasteiger partial charge >= 0.3 is 6.09 Å². The SMILES string of the molecule is CCCN(CCC)CC(=O)N1c2ccccc2CCc2ccc(NC(=O)OC(C)C)cc21. The molecule has 0 aliphatic carbocycles. The fourth-order valence-corrected chi connectivity index (χ4v) is 4.20. The molecular weight excluding hydrogens is 402 g/mol. The summed E-state index contributed by atoms with van der Waals surface area (Å²) in [5.74, 6) is 0.0457. The first kappa shape index (κ1) is 23.8. The van der Waals surface area contributed by atoms with Crippen LogP contribution in [0.25, 0.3) is 0 Å². The smallest absolute Gasteiger partial charge is 0.411 e. The van der Waals surface area contributed by atoms with Crippen LogP contribution in [-0.4, -0.2) is 42.6 Å². The topological polar surface area (TPSA) is 61.9 Å². The van der Waals surface area contributed by atoms with E-state index in [1.807, 2.05) is 55.1 Å². The van der Waals surface area contributed by atoms with Gasteiger partial charge in [-0.25, -0.2) is 4.79 Å². The zero-order valence-electron chi connectivity index (χ0n) is 19.7. The van der Waals surface area contributed by atoms with Crippen molar-refractivity contribution in [2.24, 2.45) is 0 Å². The second-order valence-corrected chi connectivity index (χ2v) is 8.56. The van der Waals surface area contributed by atoms with Crippen molar-refractivity contribution in [3.63, 3.8) is 0 Å². The molecular formula is C26H35N3O3. The van der Waals surface area contributed by atoms with Gasteiger partial charge in [-0.1, -0.05) is 38.1 Å². The van der Waals surface area contributed by atoms with Gasteiger partial charge in [-0.2, -0.15) is 0 Å². The Hall–Kier alpha value is -2.86. The minimum absolute atomic E-state index is 0.0457. The van der Waals surface area contributed by atoms with Crippen molar-refractivity contribution >= 4 is 29.1 Å². The molecule has 1 N–H and O–H groups in total. The number of aryl methyl sites for hydroxylation is 2. The Balaban J connectivity index is 1.98. The standard InChI is InChI=1S/C26H35N3O3/c1-5-15-28(16-6-2)18-25(30)29-23-10-8-7-9-20(23)11-12-21-13-14-22(17-24(21)29)27-26(31)32-19(3)4/h7-10,13-14,17,19H,5-6,11-12,15-16,18H2,1-4H3,(H,27,31). The molecule has 0 aromatic heterocycles. The molecule has 1 heterocycles. The van der Waals surface area contributed by atoms with E-state index in [0.29, 0.717) is 12.2 Å². The number of carbonyl (C=O) groups is 2. The van der Waals surface area contributed by atoms with E-state index in [2.05, 4.69) is 30.1 Å². The zero-order chi connectivity index (χ0) is 23.1. The van der Waals surface area contributed by atoms with Crippen LogP contribution in [0, 0.1) is 0 Å². The van der Waals surface area contributed by atoms with E-state index < -0.39 is 6.09 Å². The first-order valence-corrected chi connectivity index (χ1v) is 11.7. The first-order chi connectivity index (χ1) is 15.4. The fraction of sp³-hybridized carbons (Fsp3) is 0.462. The van der Waals surface area contributed by atoms with Crippen LogP contribution >= 0.6 is 0 Å². The third-order valence-corrected chi connectivity index (χ3v) is 5.50. The Labute approximate surface area is 191 Å². The normalized spacial score (nSPS) is 12.9. The summed E-state index contributed by atoms with van der Waals surface area (Å²) in [4.78, 5) is 29.9.